The molecule has 3 N–H and O–H groups in total. The van der Waals surface area contributed by atoms with E-state index < -0.39 is 0 Å². The average molecular weight is 239 g/mol. The number of carbonyl (C=O) groups is 1. The lowest BCUT2D eigenvalue weighted by molar-refractivity contribution is -0.122. The third-order valence-corrected chi connectivity index (χ3v) is 2.72. The molecule has 1 aromatic carbocycles. The maximum Gasteiger partial charge on any atom is 0.235 e. The number of nitrogens with zero attached hydrogens (tertiary/aromatic N) is 1. The summed E-state index contributed by atoms with van der Waals surface area (Å²) in [4.78, 5) is 13.1. The number of benzene rings is 1. The molecule has 0 aromatic heterocycles. The Morgan fingerprint density at radius 2 is 2.29 bits per heavy atom. The van der Waals surface area contributed by atoms with Crippen molar-refractivity contribution in [2.45, 2.75) is 25.9 Å². The Morgan fingerprint density at radius 3 is 2.88 bits per heavy atom. The molecule has 0 heterocycles. The van der Waals surface area contributed by atoms with Crippen LogP contribution in [0.2, 0.25) is 0 Å². The maximum atomic E-state index is 13.0. The second-order valence-electron chi connectivity index (χ2n) is 4.17. The van der Waals surface area contributed by atoms with Gasteiger partial charge in [-0.15, -0.1) is 0 Å². The molecular formula is C12H18FN3O. The van der Waals surface area contributed by atoms with Crippen LogP contribution in [0.4, 0.5) is 4.39 Å². The van der Waals surface area contributed by atoms with Crippen LogP contribution in [0.5, 0.6) is 0 Å². The number of halogens is 1. The van der Waals surface area contributed by atoms with Crippen LogP contribution in [0, 0.1) is 5.82 Å². The molecule has 17 heavy (non-hydrogen) atoms. The van der Waals surface area contributed by atoms with Crippen molar-refractivity contribution in [3.63, 3.8) is 0 Å². The van der Waals surface area contributed by atoms with E-state index in [1.54, 1.807) is 6.07 Å². The SMILES string of the molecule is CC(CC(=O)NN)N(C)Cc1cccc(F)c1. The van der Waals surface area contributed by atoms with Crippen LogP contribution in [0.15, 0.2) is 24.3 Å². The van der Waals surface area contributed by atoms with Gasteiger partial charge in [0.1, 0.15) is 5.82 Å². The molecule has 1 amide bonds. The molecule has 0 saturated heterocycles. The molecule has 1 rings (SSSR count). The summed E-state index contributed by atoms with van der Waals surface area (Å²) in [5.74, 6) is 4.57. The molecule has 0 aliphatic rings. The number of nitrogens with two attached hydrogens (primary N) is 1. The number of nitrogens with one attached hydrogen (secondary N) is 1. The van der Waals surface area contributed by atoms with E-state index in [-0.39, 0.29) is 17.8 Å². The van der Waals surface area contributed by atoms with E-state index in [4.69, 9.17) is 5.84 Å². The molecule has 94 valence electrons. The molecule has 0 fully saturated rings. The van der Waals surface area contributed by atoms with Crippen molar-refractivity contribution >= 4 is 5.91 Å². The molecule has 1 unspecified atom stereocenters. The molecule has 0 radical (unpaired) electrons. The largest absolute Gasteiger partial charge is 0.299 e. The van der Waals surface area contributed by atoms with Gasteiger partial charge in [-0.25, -0.2) is 10.2 Å². The van der Waals surface area contributed by atoms with E-state index in [9.17, 15) is 9.18 Å². The van der Waals surface area contributed by atoms with Gasteiger partial charge < -0.3 is 0 Å². The van der Waals surface area contributed by atoms with Crippen LogP contribution >= 0.6 is 0 Å². The first-order chi connectivity index (χ1) is 8.02. The summed E-state index contributed by atoms with van der Waals surface area (Å²) in [5.41, 5.74) is 2.98. The minimum absolute atomic E-state index is 0.0433. The van der Waals surface area contributed by atoms with Crippen molar-refractivity contribution < 1.29 is 9.18 Å². The minimum Gasteiger partial charge on any atom is -0.299 e. The van der Waals surface area contributed by atoms with Crippen molar-refractivity contribution in [2.24, 2.45) is 5.84 Å². The van der Waals surface area contributed by atoms with Crippen LogP contribution in [-0.2, 0) is 11.3 Å². The third kappa shape index (κ3) is 4.50. The molecule has 0 bridgehead atoms. The van der Waals surface area contributed by atoms with Crippen molar-refractivity contribution in [2.75, 3.05) is 7.05 Å². The first-order valence-electron chi connectivity index (χ1n) is 5.47. The average Bonchev–Trinajstić information content (AvgIpc) is 2.28. The standard InChI is InChI=1S/C12H18FN3O/c1-9(6-12(17)15-14)16(2)8-10-4-3-5-11(13)7-10/h3-5,7,9H,6,8,14H2,1-2H3,(H,15,17). The number of hydrazine groups is 1. The van der Waals surface area contributed by atoms with Gasteiger partial charge in [-0.3, -0.25) is 15.1 Å². The van der Waals surface area contributed by atoms with Crippen LogP contribution in [0.25, 0.3) is 0 Å². The Balaban J connectivity index is 2.53. The quantitative estimate of drug-likeness (QED) is 0.458. The first kappa shape index (κ1) is 13.6. The molecule has 5 heteroatoms. The zero-order valence-corrected chi connectivity index (χ0v) is 10.1. The van der Waals surface area contributed by atoms with Crippen molar-refractivity contribution in [3.8, 4) is 0 Å². The van der Waals surface area contributed by atoms with Gasteiger partial charge in [0.15, 0.2) is 0 Å². The second-order valence-corrected chi connectivity index (χ2v) is 4.17. The molecule has 0 aliphatic carbocycles. The van der Waals surface area contributed by atoms with Gasteiger partial charge in [0.25, 0.3) is 0 Å². The monoisotopic (exact) mass is 239 g/mol. The Labute approximate surface area is 101 Å². The smallest absolute Gasteiger partial charge is 0.235 e. The van der Waals surface area contributed by atoms with E-state index in [1.807, 2.05) is 24.9 Å². The fraction of sp³-hybridized carbons (Fsp3) is 0.417. The van der Waals surface area contributed by atoms with E-state index in [2.05, 4.69) is 5.43 Å². The molecule has 4 nitrogen and oxygen atoms in total. The highest BCUT2D eigenvalue weighted by Gasteiger charge is 2.13. The summed E-state index contributed by atoms with van der Waals surface area (Å²) in [6, 6.07) is 6.48. The zero-order valence-electron chi connectivity index (χ0n) is 10.1. The Kier molecular flexibility index (Phi) is 5.06. The highest BCUT2D eigenvalue weighted by molar-refractivity contribution is 5.75. The highest BCUT2D eigenvalue weighted by atomic mass is 19.1. The fourth-order valence-electron chi connectivity index (χ4n) is 1.56. The van der Waals surface area contributed by atoms with Crippen LogP contribution < -0.4 is 11.3 Å². The Hall–Kier alpha value is -1.46. The summed E-state index contributed by atoms with van der Waals surface area (Å²) < 4.78 is 13.0. The molecule has 1 atom stereocenters. The molecule has 1 aromatic rings. The maximum absolute atomic E-state index is 13.0. The van der Waals surface area contributed by atoms with E-state index in [0.29, 0.717) is 13.0 Å². The molecular weight excluding hydrogens is 221 g/mol. The number of amides is 1. The van der Waals surface area contributed by atoms with Crippen molar-refractivity contribution in [1.82, 2.24) is 10.3 Å². The topological polar surface area (TPSA) is 58.4 Å². The van der Waals surface area contributed by atoms with Gasteiger partial charge in [-0.1, -0.05) is 12.1 Å². The summed E-state index contributed by atoms with van der Waals surface area (Å²) in [6.45, 7) is 2.52. The van der Waals surface area contributed by atoms with Gasteiger partial charge in [0.05, 0.1) is 0 Å². The minimum atomic E-state index is -0.247. The van der Waals surface area contributed by atoms with Gasteiger partial charge in [0, 0.05) is 19.0 Å². The molecule has 0 aliphatic heterocycles. The lowest BCUT2D eigenvalue weighted by Crippen LogP contribution is -2.37. The molecule has 0 spiro atoms. The number of rotatable bonds is 5. The van der Waals surface area contributed by atoms with E-state index in [1.165, 1.54) is 12.1 Å². The predicted octanol–water partition coefficient (Wildman–Crippen LogP) is 1.03. The lowest BCUT2D eigenvalue weighted by atomic mass is 10.1. The number of hydrogen-bond acceptors (Lipinski definition) is 3. The summed E-state index contributed by atoms with van der Waals surface area (Å²) in [7, 11) is 1.89. The highest BCUT2D eigenvalue weighted by Crippen LogP contribution is 2.09. The van der Waals surface area contributed by atoms with Gasteiger partial charge in [0.2, 0.25) is 5.91 Å². The van der Waals surface area contributed by atoms with Crippen molar-refractivity contribution in [3.05, 3.63) is 35.6 Å². The summed E-state index contributed by atoms with van der Waals surface area (Å²) in [6.07, 6.45) is 0.322. The number of hydrogen-bond donors (Lipinski definition) is 2. The predicted molar refractivity (Wildman–Crippen MR) is 64.3 cm³/mol. The van der Waals surface area contributed by atoms with Gasteiger partial charge >= 0.3 is 0 Å². The number of carbonyl (C=O) groups excluding carboxylic acids is 1. The van der Waals surface area contributed by atoms with Crippen LogP contribution in [-0.4, -0.2) is 23.9 Å². The van der Waals surface area contributed by atoms with E-state index >= 15 is 0 Å². The lowest BCUT2D eigenvalue weighted by Gasteiger charge is -2.24. The zero-order chi connectivity index (χ0) is 12.8. The van der Waals surface area contributed by atoms with Crippen molar-refractivity contribution in [1.29, 1.82) is 0 Å². The van der Waals surface area contributed by atoms with E-state index in [0.717, 1.165) is 5.56 Å². The van der Waals surface area contributed by atoms with Gasteiger partial charge in [-0.2, -0.15) is 0 Å². The third-order valence-electron chi connectivity index (χ3n) is 2.72. The summed E-state index contributed by atoms with van der Waals surface area (Å²) >= 11 is 0. The second kappa shape index (κ2) is 6.32. The fourth-order valence-corrected chi connectivity index (χ4v) is 1.56. The molecule has 0 saturated carbocycles. The van der Waals surface area contributed by atoms with Crippen LogP contribution in [0.3, 0.4) is 0 Å². The summed E-state index contributed by atoms with van der Waals surface area (Å²) in [5, 5.41) is 0. The van der Waals surface area contributed by atoms with Crippen LogP contribution in [0.1, 0.15) is 18.9 Å². The van der Waals surface area contributed by atoms with Gasteiger partial charge in [-0.05, 0) is 31.7 Å². The normalized spacial score (nSPS) is 12.5. The Morgan fingerprint density at radius 1 is 1.59 bits per heavy atom. The first-order valence-corrected chi connectivity index (χ1v) is 5.47. The Bertz CT molecular complexity index is 384.